The molecule has 1 aromatic rings. The largest absolute Gasteiger partial charge is 0.479 e. The van der Waals surface area contributed by atoms with Crippen LogP contribution in [0.25, 0.3) is 0 Å². The molecule has 0 fully saturated rings. The van der Waals surface area contributed by atoms with Gasteiger partial charge in [-0.2, -0.15) is 0 Å². The fraction of sp³-hybridized carbons (Fsp3) is 0.455. The van der Waals surface area contributed by atoms with Gasteiger partial charge in [-0.15, -0.1) is 0 Å². The molecule has 1 nitrogen and oxygen atoms in total. The van der Waals surface area contributed by atoms with Crippen molar-refractivity contribution in [2.24, 2.45) is 0 Å². The second-order valence-corrected chi connectivity index (χ2v) is 5.48. The minimum atomic E-state index is 0.151. The Labute approximate surface area is 114 Å². The summed E-state index contributed by atoms with van der Waals surface area (Å²) in [5, 5.41) is 1.26. The molecule has 0 bridgehead atoms. The average Bonchev–Trinajstić information content (AvgIpc) is 2.20. The van der Waals surface area contributed by atoms with E-state index in [1.54, 1.807) is 18.2 Å². The van der Waals surface area contributed by atoms with Crippen LogP contribution in [-0.2, 0) is 0 Å². The Morgan fingerprint density at radius 2 is 2.13 bits per heavy atom. The Morgan fingerprint density at radius 3 is 2.80 bits per heavy atom. The van der Waals surface area contributed by atoms with E-state index in [-0.39, 0.29) is 4.11 Å². The first kappa shape index (κ1) is 13.4. The molecule has 15 heavy (non-hydrogen) atoms. The molecule has 84 valence electrons. The molecule has 0 spiro atoms. The fourth-order valence-corrected chi connectivity index (χ4v) is 2.17. The molecule has 0 saturated heterocycles. The van der Waals surface area contributed by atoms with Crippen LogP contribution in [0.15, 0.2) is 18.2 Å². The zero-order valence-corrected chi connectivity index (χ0v) is 12.1. The Bertz CT molecular complexity index is 317. The molecule has 0 aromatic heterocycles. The molecule has 0 aliphatic heterocycles. The van der Waals surface area contributed by atoms with Crippen molar-refractivity contribution >= 4 is 45.8 Å². The molecule has 0 radical (unpaired) electrons. The van der Waals surface area contributed by atoms with E-state index in [0.717, 1.165) is 12.8 Å². The van der Waals surface area contributed by atoms with Crippen LogP contribution in [0, 0.1) is 0 Å². The van der Waals surface area contributed by atoms with Crippen LogP contribution >= 0.6 is 45.8 Å². The maximum Gasteiger partial charge on any atom is 0.149 e. The van der Waals surface area contributed by atoms with Gasteiger partial charge in [-0.05, 0) is 47.6 Å². The molecular formula is C11H13Cl2IO. The summed E-state index contributed by atoms with van der Waals surface area (Å²) in [5.74, 6) is 0.666. The molecular weight excluding hydrogens is 346 g/mol. The minimum absolute atomic E-state index is 0.151. The Morgan fingerprint density at radius 1 is 1.40 bits per heavy atom. The molecule has 0 aliphatic carbocycles. The third kappa shape index (κ3) is 4.79. The van der Waals surface area contributed by atoms with E-state index in [0.29, 0.717) is 15.8 Å². The lowest BCUT2D eigenvalue weighted by Crippen LogP contribution is -2.07. The predicted molar refractivity (Wildman–Crippen MR) is 74.4 cm³/mol. The maximum atomic E-state index is 5.99. The topological polar surface area (TPSA) is 9.23 Å². The number of halogens is 3. The number of hydrogen-bond donors (Lipinski definition) is 0. The number of alkyl halides is 1. The van der Waals surface area contributed by atoms with Crippen molar-refractivity contribution in [3.63, 3.8) is 0 Å². The summed E-state index contributed by atoms with van der Waals surface area (Å²) in [6.45, 7) is 2.16. The molecule has 0 saturated carbocycles. The molecule has 0 N–H and O–H groups in total. The van der Waals surface area contributed by atoms with Crippen molar-refractivity contribution in [2.75, 3.05) is 0 Å². The van der Waals surface area contributed by atoms with Crippen LogP contribution in [0.5, 0.6) is 5.75 Å². The number of benzene rings is 1. The Kier molecular flexibility index (Phi) is 6.09. The summed E-state index contributed by atoms with van der Waals surface area (Å²) in [7, 11) is 0. The molecule has 1 unspecified atom stereocenters. The highest BCUT2D eigenvalue weighted by molar-refractivity contribution is 14.1. The standard InChI is InChI=1S/C11H13Cl2IO/c1-2-3-4-11(14)15-10-7-8(12)5-6-9(10)13/h5-7,11H,2-4H2,1H3. The van der Waals surface area contributed by atoms with E-state index in [9.17, 15) is 0 Å². The van der Waals surface area contributed by atoms with Gasteiger partial charge in [0.1, 0.15) is 9.86 Å². The lowest BCUT2D eigenvalue weighted by atomic mass is 10.3. The molecule has 1 rings (SSSR count). The summed E-state index contributed by atoms with van der Waals surface area (Å²) in [6, 6.07) is 5.26. The van der Waals surface area contributed by atoms with Crippen molar-refractivity contribution in [3.05, 3.63) is 28.2 Å². The van der Waals surface area contributed by atoms with Crippen LogP contribution < -0.4 is 4.74 Å². The van der Waals surface area contributed by atoms with Gasteiger partial charge in [-0.25, -0.2) is 0 Å². The second-order valence-electron chi connectivity index (χ2n) is 3.24. The highest BCUT2D eigenvalue weighted by atomic mass is 127. The van der Waals surface area contributed by atoms with E-state index in [2.05, 4.69) is 29.5 Å². The summed E-state index contributed by atoms with van der Waals surface area (Å²) in [5.41, 5.74) is 0. The molecule has 0 heterocycles. The third-order valence-corrected chi connectivity index (χ3v) is 3.36. The zero-order chi connectivity index (χ0) is 11.3. The fourth-order valence-electron chi connectivity index (χ4n) is 1.13. The summed E-state index contributed by atoms with van der Waals surface area (Å²) >= 11 is 14.1. The average molecular weight is 359 g/mol. The summed E-state index contributed by atoms with van der Waals surface area (Å²) in [6.07, 6.45) is 3.36. The second kappa shape index (κ2) is 6.81. The van der Waals surface area contributed by atoms with Gasteiger partial charge in [-0.1, -0.05) is 36.5 Å². The number of hydrogen-bond acceptors (Lipinski definition) is 1. The van der Waals surface area contributed by atoms with Crippen molar-refractivity contribution in [1.29, 1.82) is 0 Å². The zero-order valence-electron chi connectivity index (χ0n) is 8.47. The highest BCUT2D eigenvalue weighted by Gasteiger charge is 2.08. The summed E-state index contributed by atoms with van der Waals surface area (Å²) < 4.78 is 5.85. The van der Waals surface area contributed by atoms with Gasteiger partial charge in [0.2, 0.25) is 0 Å². The first-order valence-electron chi connectivity index (χ1n) is 4.89. The minimum Gasteiger partial charge on any atom is -0.479 e. The van der Waals surface area contributed by atoms with E-state index in [1.807, 2.05) is 0 Å². The Hall–Kier alpha value is 0.330. The normalized spacial score (nSPS) is 12.5. The monoisotopic (exact) mass is 358 g/mol. The van der Waals surface area contributed by atoms with E-state index in [1.165, 1.54) is 6.42 Å². The van der Waals surface area contributed by atoms with E-state index in [4.69, 9.17) is 27.9 Å². The first-order valence-corrected chi connectivity index (χ1v) is 6.89. The van der Waals surface area contributed by atoms with Crippen LogP contribution in [-0.4, -0.2) is 4.11 Å². The lowest BCUT2D eigenvalue weighted by molar-refractivity contribution is 0.288. The van der Waals surface area contributed by atoms with Crippen molar-refractivity contribution < 1.29 is 4.74 Å². The van der Waals surface area contributed by atoms with Crippen molar-refractivity contribution in [3.8, 4) is 5.75 Å². The molecule has 0 aliphatic rings. The molecule has 4 heteroatoms. The number of rotatable bonds is 5. The summed E-state index contributed by atoms with van der Waals surface area (Å²) in [4.78, 5) is 0. The molecule has 0 amide bonds. The van der Waals surface area contributed by atoms with Gasteiger partial charge in [-0.3, -0.25) is 0 Å². The SMILES string of the molecule is CCCCC(I)Oc1cc(Cl)ccc1Cl. The van der Waals surface area contributed by atoms with Crippen molar-refractivity contribution in [1.82, 2.24) is 0 Å². The van der Waals surface area contributed by atoms with Gasteiger partial charge >= 0.3 is 0 Å². The highest BCUT2D eigenvalue weighted by Crippen LogP contribution is 2.30. The maximum absolute atomic E-state index is 5.99. The Balaban J connectivity index is 2.59. The van der Waals surface area contributed by atoms with Crippen LogP contribution in [0.2, 0.25) is 10.0 Å². The van der Waals surface area contributed by atoms with Crippen molar-refractivity contribution in [2.45, 2.75) is 30.3 Å². The van der Waals surface area contributed by atoms with E-state index < -0.39 is 0 Å². The van der Waals surface area contributed by atoms with Gasteiger partial charge in [0.25, 0.3) is 0 Å². The quantitative estimate of drug-likeness (QED) is 0.511. The third-order valence-electron chi connectivity index (χ3n) is 1.93. The van der Waals surface area contributed by atoms with Crippen LogP contribution in [0.3, 0.4) is 0 Å². The van der Waals surface area contributed by atoms with E-state index >= 15 is 0 Å². The van der Waals surface area contributed by atoms with Gasteiger partial charge in [0, 0.05) is 11.1 Å². The van der Waals surface area contributed by atoms with Crippen LogP contribution in [0.4, 0.5) is 0 Å². The van der Waals surface area contributed by atoms with Gasteiger partial charge < -0.3 is 4.74 Å². The smallest absolute Gasteiger partial charge is 0.149 e. The first-order chi connectivity index (χ1) is 7.13. The lowest BCUT2D eigenvalue weighted by Gasteiger charge is -2.13. The van der Waals surface area contributed by atoms with Gasteiger partial charge in [0.05, 0.1) is 5.02 Å². The predicted octanol–water partition coefficient (Wildman–Crippen LogP) is 5.32. The van der Waals surface area contributed by atoms with Gasteiger partial charge in [0.15, 0.2) is 0 Å². The number of unbranched alkanes of at least 4 members (excludes halogenated alkanes) is 1. The number of ether oxygens (including phenoxy) is 1. The molecule has 1 atom stereocenters. The molecule has 1 aromatic carbocycles. The van der Waals surface area contributed by atoms with Crippen LogP contribution in [0.1, 0.15) is 26.2 Å².